The summed E-state index contributed by atoms with van der Waals surface area (Å²) in [5.74, 6) is 0.602. The van der Waals surface area contributed by atoms with E-state index in [4.69, 9.17) is 4.74 Å². The summed E-state index contributed by atoms with van der Waals surface area (Å²) in [5, 5.41) is 20.4. The Hall–Kier alpha value is -2.59. The van der Waals surface area contributed by atoms with E-state index in [2.05, 4.69) is 30.3 Å². The minimum Gasteiger partial charge on any atom is -0.490 e. The van der Waals surface area contributed by atoms with Crippen molar-refractivity contribution in [2.45, 2.75) is 62.6 Å². The fraction of sp³-hybridized carbons (Fsp3) is 0.444. The SMILES string of the molecule is O=C(O)c1ccc2c(c1)O[C@H]1CC[C@H](/C=C/C(O)C3(c4ccccc4)CCC3)[C@H]1CC2. The number of carboxylic acid groups (broad SMARTS) is 1. The van der Waals surface area contributed by atoms with Crippen LogP contribution in [0.15, 0.2) is 60.7 Å². The molecular formula is C27H30O4. The molecule has 2 saturated carbocycles. The van der Waals surface area contributed by atoms with E-state index in [0.717, 1.165) is 49.8 Å². The van der Waals surface area contributed by atoms with Gasteiger partial charge in [-0.25, -0.2) is 4.79 Å². The van der Waals surface area contributed by atoms with Crippen LogP contribution in [0.2, 0.25) is 0 Å². The number of rotatable bonds is 5. The number of carbonyl (C=O) groups is 1. The average Bonchev–Trinajstić information content (AvgIpc) is 3.02. The lowest BCUT2D eigenvalue weighted by Gasteiger charge is -2.45. The first kappa shape index (κ1) is 20.3. The van der Waals surface area contributed by atoms with E-state index in [0.29, 0.717) is 11.8 Å². The number of allylic oxidation sites excluding steroid dienone is 1. The van der Waals surface area contributed by atoms with Crippen LogP contribution in [0.4, 0.5) is 0 Å². The molecule has 2 N–H and O–H groups in total. The van der Waals surface area contributed by atoms with E-state index in [1.165, 1.54) is 12.0 Å². The predicted octanol–water partition coefficient (Wildman–Crippen LogP) is 5.14. The van der Waals surface area contributed by atoms with E-state index in [-0.39, 0.29) is 17.1 Å². The van der Waals surface area contributed by atoms with Crippen molar-refractivity contribution in [2.75, 3.05) is 0 Å². The predicted molar refractivity (Wildman–Crippen MR) is 119 cm³/mol. The third-order valence-corrected chi connectivity index (χ3v) is 7.85. The monoisotopic (exact) mass is 418 g/mol. The first-order valence-corrected chi connectivity index (χ1v) is 11.5. The summed E-state index contributed by atoms with van der Waals surface area (Å²) >= 11 is 0. The van der Waals surface area contributed by atoms with Gasteiger partial charge in [0.25, 0.3) is 0 Å². The second-order valence-electron chi connectivity index (χ2n) is 9.43. The number of aliphatic hydroxyl groups excluding tert-OH is 1. The van der Waals surface area contributed by atoms with Crippen molar-refractivity contribution in [3.05, 3.63) is 77.4 Å². The quantitative estimate of drug-likeness (QED) is 0.660. The van der Waals surface area contributed by atoms with Gasteiger partial charge in [-0.2, -0.15) is 0 Å². The number of fused-ring (bicyclic) bond motifs is 2. The number of aromatic carboxylic acids is 1. The average molecular weight is 419 g/mol. The minimum absolute atomic E-state index is 0.115. The van der Waals surface area contributed by atoms with Crippen LogP contribution in [0.1, 0.15) is 60.0 Å². The molecule has 1 heterocycles. The smallest absolute Gasteiger partial charge is 0.335 e. The zero-order valence-corrected chi connectivity index (χ0v) is 17.7. The van der Waals surface area contributed by atoms with E-state index >= 15 is 0 Å². The number of aryl methyl sites for hydroxylation is 1. The Labute approximate surface area is 183 Å². The van der Waals surface area contributed by atoms with Crippen LogP contribution < -0.4 is 4.74 Å². The molecule has 31 heavy (non-hydrogen) atoms. The van der Waals surface area contributed by atoms with Crippen molar-refractivity contribution in [3.63, 3.8) is 0 Å². The van der Waals surface area contributed by atoms with Crippen LogP contribution in [-0.2, 0) is 11.8 Å². The lowest BCUT2D eigenvalue weighted by Crippen LogP contribution is -2.44. The van der Waals surface area contributed by atoms with Gasteiger partial charge in [0, 0.05) is 11.3 Å². The highest BCUT2D eigenvalue weighted by molar-refractivity contribution is 5.88. The van der Waals surface area contributed by atoms with Crippen molar-refractivity contribution in [1.82, 2.24) is 0 Å². The van der Waals surface area contributed by atoms with Crippen molar-refractivity contribution in [3.8, 4) is 5.75 Å². The van der Waals surface area contributed by atoms with E-state index < -0.39 is 12.1 Å². The van der Waals surface area contributed by atoms with Crippen LogP contribution in [0.25, 0.3) is 0 Å². The Morgan fingerprint density at radius 1 is 1.10 bits per heavy atom. The number of carboxylic acids is 1. The van der Waals surface area contributed by atoms with Crippen molar-refractivity contribution in [1.29, 1.82) is 0 Å². The summed E-state index contributed by atoms with van der Waals surface area (Å²) in [6.45, 7) is 0. The highest BCUT2D eigenvalue weighted by atomic mass is 16.5. The molecule has 0 radical (unpaired) electrons. The summed E-state index contributed by atoms with van der Waals surface area (Å²) in [4.78, 5) is 11.3. The lowest BCUT2D eigenvalue weighted by molar-refractivity contribution is 0.0621. The third-order valence-electron chi connectivity index (χ3n) is 7.85. The Kier molecular flexibility index (Phi) is 5.35. The molecule has 1 aliphatic heterocycles. The fourth-order valence-corrected chi connectivity index (χ4v) is 5.85. The zero-order chi connectivity index (χ0) is 21.4. The topological polar surface area (TPSA) is 66.8 Å². The number of aliphatic hydroxyl groups is 1. The van der Waals surface area contributed by atoms with Gasteiger partial charge in [-0.1, -0.05) is 55.0 Å². The molecule has 2 aromatic carbocycles. The van der Waals surface area contributed by atoms with Crippen LogP contribution in [0, 0.1) is 11.8 Å². The molecule has 4 heteroatoms. The van der Waals surface area contributed by atoms with Crippen molar-refractivity contribution in [2.24, 2.45) is 11.8 Å². The molecule has 0 bridgehead atoms. The molecule has 1 unspecified atom stereocenters. The maximum absolute atomic E-state index is 11.3. The maximum Gasteiger partial charge on any atom is 0.335 e. The number of hydrogen-bond acceptors (Lipinski definition) is 3. The normalized spacial score (nSPS) is 27.5. The molecule has 0 aromatic heterocycles. The number of hydrogen-bond donors (Lipinski definition) is 2. The summed E-state index contributed by atoms with van der Waals surface area (Å²) < 4.78 is 6.32. The second-order valence-corrected chi connectivity index (χ2v) is 9.43. The fourth-order valence-electron chi connectivity index (χ4n) is 5.85. The summed E-state index contributed by atoms with van der Waals surface area (Å²) in [5.41, 5.74) is 2.48. The largest absolute Gasteiger partial charge is 0.490 e. The maximum atomic E-state index is 11.3. The number of benzene rings is 2. The molecule has 2 aliphatic carbocycles. The van der Waals surface area contributed by atoms with Gasteiger partial charge in [0.1, 0.15) is 11.9 Å². The highest BCUT2D eigenvalue weighted by Gasteiger charge is 2.44. The molecular weight excluding hydrogens is 388 g/mol. The third kappa shape index (κ3) is 3.67. The second kappa shape index (κ2) is 8.16. The van der Waals surface area contributed by atoms with Gasteiger partial charge < -0.3 is 14.9 Å². The molecule has 2 aromatic rings. The van der Waals surface area contributed by atoms with Gasteiger partial charge in [0.15, 0.2) is 0 Å². The van der Waals surface area contributed by atoms with Gasteiger partial charge in [0.2, 0.25) is 0 Å². The minimum atomic E-state index is -0.920. The lowest BCUT2D eigenvalue weighted by atomic mass is 9.61. The summed E-state index contributed by atoms with van der Waals surface area (Å²) in [7, 11) is 0. The molecule has 4 atom stereocenters. The van der Waals surface area contributed by atoms with Gasteiger partial charge in [-0.3, -0.25) is 0 Å². The molecule has 0 spiro atoms. The summed E-state index contributed by atoms with van der Waals surface area (Å²) in [6, 6.07) is 15.7. The Balaban J connectivity index is 1.31. The van der Waals surface area contributed by atoms with Gasteiger partial charge in [0.05, 0.1) is 11.7 Å². The summed E-state index contributed by atoms with van der Waals surface area (Å²) in [6.07, 6.45) is 11.1. The van der Waals surface area contributed by atoms with Gasteiger partial charge >= 0.3 is 5.97 Å². The van der Waals surface area contributed by atoms with Crippen LogP contribution >= 0.6 is 0 Å². The molecule has 0 saturated heterocycles. The van der Waals surface area contributed by atoms with Crippen LogP contribution in [0.5, 0.6) is 5.75 Å². The standard InChI is InChI=1S/C27H30O4/c28-25(27(15-4-16-27)21-5-2-1-3-6-21)14-11-18-10-13-23-22(18)12-9-19-7-8-20(26(29)30)17-24(19)31-23/h1-3,5-8,11,14,17-18,22-23,25,28H,4,9-10,12-13,15-16H2,(H,29,30)/b14-11+/t18-,22-,23+,25?/m1/s1. The molecule has 2 fully saturated rings. The molecule has 4 nitrogen and oxygen atoms in total. The van der Waals surface area contributed by atoms with Crippen molar-refractivity contribution >= 4 is 5.97 Å². The van der Waals surface area contributed by atoms with Gasteiger partial charge in [-0.05, 0) is 67.7 Å². The number of ether oxygens (including phenoxy) is 1. The van der Waals surface area contributed by atoms with Gasteiger partial charge in [-0.15, -0.1) is 0 Å². The van der Waals surface area contributed by atoms with Crippen LogP contribution in [0.3, 0.4) is 0 Å². The highest BCUT2D eigenvalue weighted by Crippen LogP contribution is 2.48. The van der Waals surface area contributed by atoms with E-state index in [1.54, 1.807) is 12.1 Å². The van der Waals surface area contributed by atoms with Crippen LogP contribution in [-0.4, -0.2) is 28.4 Å². The Morgan fingerprint density at radius 3 is 2.61 bits per heavy atom. The Bertz CT molecular complexity index is 976. The van der Waals surface area contributed by atoms with E-state index in [1.807, 2.05) is 18.2 Å². The first-order valence-electron chi connectivity index (χ1n) is 11.5. The molecule has 5 rings (SSSR count). The van der Waals surface area contributed by atoms with E-state index in [9.17, 15) is 15.0 Å². The first-order chi connectivity index (χ1) is 15.1. The molecule has 162 valence electrons. The van der Waals surface area contributed by atoms with Crippen molar-refractivity contribution < 1.29 is 19.7 Å². The Morgan fingerprint density at radius 2 is 1.90 bits per heavy atom. The molecule has 3 aliphatic rings. The zero-order valence-electron chi connectivity index (χ0n) is 17.7. The molecule has 0 amide bonds.